The van der Waals surface area contributed by atoms with Gasteiger partial charge < -0.3 is 14.4 Å². The molecule has 218 valence electrons. The zero-order valence-electron chi connectivity index (χ0n) is 22.4. The summed E-state index contributed by atoms with van der Waals surface area (Å²) in [6.45, 7) is 7.90. The number of aromatic nitrogens is 2. The Bertz CT molecular complexity index is 1220. The van der Waals surface area contributed by atoms with Gasteiger partial charge in [0.1, 0.15) is 18.3 Å². The monoisotopic (exact) mass is 578 g/mol. The molecule has 0 N–H and O–H groups in total. The lowest BCUT2D eigenvalue weighted by molar-refractivity contribution is -0.153. The first-order valence-electron chi connectivity index (χ1n) is 12.8. The van der Waals surface area contributed by atoms with Gasteiger partial charge in [0.25, 0.3) is 5.56 Å². The number of ether oxygens (including phenoxy) is 2. The van der Waals surface area contributed by atoms with Crippen LogP contribution in [0.1, 0.15) is 6.42 Å². The Morgan fingerprint density at radius 3 is 2.33 bits per heavy atom. The van der Waals surface area contributed by atoms with Crippen LogP contribution in [0.4, 0.5) is 27.6 Å². The predicted molar refractivity (Wildman–Crippen MR) is 140 cm³/mol. The summed E-state index contributed by atoms with van der Waals surface area (Å²) < 4.78 is 78.0. The molecule has 2 heterocycles. The van der Waals surface area contributed by atoms with Gasteiger partial charge in [0.15, 0.2) is 6.61 Å². The largest absolute Gasteiger partial charge is 0.482 e. The maximum absolute atomic E-state index is 14.2. The van der Waals surface area contributed by atoms with Crippen molar-refractivity contribution in [1.29, 1.82) is 0 Å². The summed E-state index contributed by atoms with van der Waals surface area (Å²) in [6, 6.07) is 4.39. The zero-order chi connectivity index (χ0) is 28.8. The standard InChI is InChI=1S/C25H35F5N4O4Si/c1-39(2,3)14-13-37-18-33-16-20(27)23(35)34(24(33)36)8-4-7-31-9-11-32(12-10-31)21-6-5-19(26)15-22(21)38-17-25(28,29)30/h5-6,15-16H,4,7-14,17-18H2,1-3H3. The average Bonchev–Trinajstić information content (AvgIpc) is 2.85. The minimum Gasteiger partial charge on any atom is -0.482 e. The summed E-state index contributed by atoms with van der Waals surface area (Å²) in [6.07, 6.45) is -3.27. The van der Waals surface area contributed by atoms with Gasteiger partial charge in [0.05, 0.1) is 11.9 Å². The van der Waals surface area contributed by atoms with E-state index in [1.54, 1.807) is 0 Å². The first kappa shape index (κ1) is 30.8. The van der Waals surface area contributed by atoms with Crippen molar-refractivity contribution in [3.8, 4) is 5.75 Å². The topological polar surface area (TPSA) is 68.9 Å². The molecule has 0 aliphatic carbocycles. The third-order valence-corrected chi connectivity index (χ3v) is 8.01. The van der Waals surface area contributed by atoms with Crippen molar-refractivity contribution in [1.82, 2.24) is 14.0 Å². The van der Waals surface area contributed by atoms with Gasteiger partial charge in [0.2, 0.25) is 5.82 Å². The number of alkyl halides is 3. The van der Waals surface area contributed by atoms with Gasteiger partial charge in [-0.05, 0) is 31.1 Å². The number of anilines is 1. The second-order valence-electron chi connectivity index (χ2n) is 10.7. The van der Waals surface area contributed by atoms with Crippen LogP contribution < -0.4 is 20.9 Å². The van der Waals surface area contributed by atoms with E-state index in [9.17, 15) is 31.5 Å². The van der Waals surface area contributed by atoms with Crippen LogP contribution in [0.3, 0.4) is 0 Å². The first-order valence-corrected chi connectivity index (χ1v) is 16.5. The average molecular weight is 579 g/mol. The molecule has 1 aliphatic heterocycles. The minimum atomic E-state index is -4.55. The molecule has 0 spiro atoms. The van der Waals surface area contributed by atoms with E-state index in [0.29, 0.717) is 51.4 Å². The lowest BCUT2D eigenvalue weighted by Gasteiger charge is -2.36. The fourth-order valence-corrected chi connectivity index (χ4v) is 4.89. The second kappa shape index (κ2) is 13.1. The Morgan fingerprint density at radius 2 is 1.69 bits per heavy atom. The van der Waals surface area contributed by atoms with Crippen molar-refractivity contribution in [3.05, 3.63) is 56.9 Å². The summed E-state index contributed by atoms with van der Waals surface area (Å²) in [4.78, 5) is 28.9. The first-order chi connectivity index (χ1) is 18.2. The van der Waals surface area contributed by atoms with Crippen LogP contribution >= 0.6 is 0 Å². The van der Waals surface area contributed by atoms with Crippen LogP contribution in [0.5, 0.6) is 5.75 Å². The van der Waals surface area contributed by atoms with E-state index in [2.05, 4.69) is 24.5 Å². The molecule has 1 aromatic heterocycles. The number of nitrogens with zero attached hydrogens (tertiary/aromatic N) is 4. The molecule has 1 aliphatic rings. The van der Waals surface area contributed by atoms with Crippen LogP contribution in [0, 0.1) is 11.6 Å². The van der Waals surface area contributed by atoms with E-state index in [-0.39, 0.29) is 19.0 Å². The van der Waals surface area contributed by atoms with E-state index in [0.717, 1.165) is 27.4 Å². The highest BCUT2D eigenvalue weighted by Gasteiger charge is 2.30. The quantitative estimate of drug-likeness (QED) is 0.217. The molecule has 0 amide bonds. The lowest BCUT2D eigenvalue weighted by atomic mass is 10.2. The SMILES string of the molecule is C[Si](C)(C)CCOCn1cc(F)c(=O)n(CCCN2CCN(c3ccc(F)cc3OCC(F)(F)F)CC2)c1=O. The summed E-state index contributed by atoms with van der Waals surface area (Å²) in [5, 5.41) is 0. The van der Waals surface area contributed by atoms with Gasteiger partial charge in [-0.25, -0.2) is 9.18 Å². The van der Waals surface area contributed by atoms with E-state index in [1.807, 2.05) is 4.90 Å². The molecule has 0 atom stereocenters. The normalized spacial score (nSPS) is 15.1. The van der Waals surface area contributed by atoms with E-state index in [4.69, 9.17) is 9.47 Å². The van der Waals surface area contributed by atoms with Crippen molar-refractivity contribution in [3.63, 3.8) is 0 Å². The molecule has 1 aromatic carbocycles. The maximum Gasteiger partial charge on any atom is 0.422 e. The molecule has 3 rings (SSSR count). The molecule has 14 heteroatoms. The summed E-state index contributed by atoms with van der Waals surface area (Å²) in [7, 11) is -1.33. The number of hydrogen-bond acceptors (Lipinski definition) is 6. The number of hydrogen-bond donors (Lipinski definition) is 0. The molecule has 1 fully saturated rings. The fraction of sp³-hybridized carbons (Fsp3) is 0.600. The van der Waals surface area contributed by atoms with Crippen molar-refractivity contribution < 1.29 is 31.4 Å². The van der Waals surface area contributed by atoms with Crippen molar-refractivity contribution in [2.45, 2.75) is 51.6 Å². The van der Waals surface area contributed by atoms with Crippen molar-refractivity contribution in [2.24, 2.45) is 0 Å². The predicted octanol–water partition coefficient (Wildman–Crippen LogP) is 3.75. The molecular weight excluding hydrogens is 543 g/mol. The Labute approximate surface area is 224 Å². The molecule has 8 nitrogen and oxygen atoms in total. The fourth-order valence-electron chi connectivity index (χ4n) is 4.14. The minimum absolute atomic E-state index is 0.0257. The zero-order valence-corrected chi connectivity index (χ0v) is 23.4. The summed E-state index contributed by atoms with van der Waals surface area (Å²) in [5.41, 5.74) is -1.24. The van der Waals surface area contributed by atoms with Gasteiger partial charge >= 0.3 is 11.9 Å². The molecule has 0 bridgehead atoms. The highest BCUT2D eigenvalue weighted by Crippen LogP contribution is 2.31. The van der Waals surface area contributed by atoms with E-state index < -0.39 is 43.7 Å². The van der Waals surface area contributed by atoms with Gasteiger partial charge in [-0.15, -0.1) is 0 Å². The van der Waals surface area contributed by atoms with Crippen molar-refractivity contribution in [2.75, 3.05) is 50.8 Å². The second-order valence-corrected chi connectivity index (χ2v) is 16.4. The van der Waals surface area contributed by atoms with Crippen LogP contribution in [0.25, 0.3) is 0 Å². The third-order valence-electron chi connectivity index (χ3n) is 6.30. The molecule has 0 saturated carbocycles. The van der Waals surface area contributed by atoms with E-state index >= 15 is 0 Å². The third kappa shape index (κ3) is 9.46. The molecule has 2 aromatic rings. The molecule has 1 saturated heterocycles. The number of halogens is 5. The lowest BCUT2D eigenvalue weighted by Crippen LogP contribution is -2.47. The molecule has 0 unspecified atom stereocenters. The molecule has 0 radical (unpaired) electrons. The Kier molecular flexibility index (Phi) is 10.3. The number of benzene rings is 1. The van der Waals surface area contributed by atoms with Gasteiger partial charge in [0, 0.05) is 53.5 Å². The van der Waals surface area contributed by atoms with Crippen molar-refractivity contribution >= 4 is 13.8 Å². The van der Waals surface area contributed by atoms with Gasteiger partial charge in [-0.3, -0.25) is 18.8 Å². The Hall–Kier alpha value is -2.71. The van der Waals surface area contributed by atoms with E-state index in [1.165, 1.54) is 12.1 Å². The summed E-state index contributed by atoms with van der Waals surface area (Å²) in [5.74, 6) is -1.90. The Morgan fingerprint density at radius 1 is 1.00 bits per heavy atom. The molecule has 39 heavy (non-hydrogen) atoms. The highest BCUT2D eigenvalue weighted by molar-refractivity contribution is 6.76. The van der Waals surface area contributed by atoms with Crippen LogP contribution in [-0.2, 0) is 18.0 Å². The van der Waals surface area contributed by atoms with Gasteiger partial charge in [-0.2, -0.15) is 17.6 Å². The maximum atomic E-state index is 14.2. The summed E-state index contributed by atoms with van der Waals surface area (Å²) >= 11 is 0. The van der Waals surface area contributed by atoms with Crippen LogP contribution in [-0.4, -0.2) is 74.2 Å². The van der Waals surface area contributed by atoms with Crippen LogP contribution in [0.2, 0.25) is 25.7 Å². The Balaban J connectivity index is 1.54. The smallest absolute Gasteiger partial charge is 0.422 e. The number of rotatable bonds is 12. The molecular formula is C25H35F5N4O4Si. The highest BCUT2D eigenvalue weighted by atomic mass is 28.3. The number of piperazine rings is 1. The van der Waals surface area contributed by atoms with Crippen LogP contribution in [0.15, 0.2) is 34.0 Å². The van der Waals surface area contributed by atoms with Gasteiger partial charge in [-0.1, -0.05) is 19.6 Å².